The van der Waals surface area contributed by atoms with Crippen LogP contribution in [0.2, 0.25) is 0 Å². The summed E-state index contributed by atoms with van der Waals surface area (Å²) in [6, 6.07) is 5.52. The lowest BCUT2D eigenvalue weighted by atomic mass is 10.4. The van der Waals surface area contributed by atoms with E-state index in [0.717, 1.165) is 0 Å². The third kappa shape index (κ3) is 1.19. The fraction of sp³-hybridized carbons (Fsp3) is 0.111. The van der Waals surface area contributed by atoms with Crippen molar-refractivity contribution in [1.82, 2.24) is 14.8 Å². The van der Waals surface area contributed by atoms with E-state index in [1.54, 1.807) is 6.20 Å². The van der Waals surface area contributed by atoms with Crippen LogP contribution in [0, 0.1) is 6.92 Å². The molecule has 0 saturated carbocycles. The smallest absolute Gasteiger partial charge is 0.155 e. The topological polar surface area (TPSA) is 82.8 Å². The molecular formula is C9H11N5. The SMILES string of the molecule is Cc1nn(-c2ccccn2)c(N)c1N. The summed E-state index contributed by atoms with van der Waals surface area (Å²) in [6.07, 6.45) is 1.68. The van der Waals surface area contributed by atoms with Crippen LogP contribution in [0.4, 0.5) is 11.5 Å². The van der Waals surface area contributed by atoms with Gasteiger partial charge in [0.25, 0.3) is 0 Å². The summed E-state index contributed by atoms with van der Waals surface area (Å²) in [5.41, 5.74) is 12.7. The maximum atomic E-state index is 5.77. The highest BCUT2D eigenvalue weighted by molar-refractivity contribution is 5.63. The molecule has 0 aliphatic carbocycles. The van der Waals surface area contributed by atoms with E-state index in [-0.39, 0.29) is 0 Å². The Bertz CT molecular complexity index is 446. The van der Waals surface area contributed by atoms with Crippen molar-refractivity contribution in [3.8, 4) is 5.82 Å². The largest absolute Gasteiger partial charge is 0.394 e. The number of anilines is 2. The maximum absolute atomic E-state index is 5.77. The van der Waals surface area contributed by atoms with E-state index >= 15 is 0 Å². The quantitative estimate of drug-likeness (QED) is 0.693. The molecule has 2 rings (SSSR count). The molecule has 0 fully saturated rings. The Balaban J connectivity index is 2.58. The molecular weight excluding hydrogens is 178 g/mol. The monoisotopic (exact) mass is 189 g/mol. The molecule has 14 heavy (non-hydrogen) atoms. The van der Waals surface area contributed by atoms with E-state index in [4.69, 9.17) is 11.5 Å². The Kier molecular flexibility index (Phi) is 1.85. The van der Waals surface area contributed by atoms with Crippen LogP contribution in [0.3, 0.4) is 0 Å². The second-order valence-electron chi connectivity index (χ2n) is 2.98. The summed E-state index contributed by atoms with van der Waals surface area (Å²) >= 11 is 0. The van der Waals surface area contributed by atoms with Crippen molar-refractivity contribution in [3.63, 3.8) is 0 Å². The number of hydrogen-bond donors (Lipinski definition) is 2. The second kappa shape index (κ2) is 3.02. The van der Waals surface area contributed by atoms with Crippen molar-refractivity contribution < 1.29 is 0 Å². The summed E-state index contributed by atoms with van der Waals surface area (Å²) < 4.78 is 1.53. The molecule has 2 heterocycles. The van der Waals surface area contributed by atoms with Gasteiger partial charge >= 0.3 is 0 Å². The zero-order chi connectivity index (χ0) is 10.1. The van der Waals surface area contributed by atoms with Crippen LogP contribution in [0.1, 0.15) is 5.69 Å². The van der Waals surface area contributed by atoms with Crippen LogP contribution in [-0.4, -0.2) is 14.8 Å². The van der Waals surface area contributed by atoms with Gasteiger partial charge in [0.1, 0.15) is 0 Å². The van der Waals surface area contributed by atoms with E-state index in [0.29, 0.717) is 23.0 Å². The molecule has 0 amide bonds. The van der Waals surface area contributed by atoms with Gasteiger partial charge in [-0.25, -0.2) is 4.98 Å². The number of nitrogens with zero attached hydrogens (tertiary/aromatic N) is 3. The van der Waals surface area contributed by atoms with E-state index in [1.807, 2.05) is 25.1 Å². The minimum absolute atomic E-state index is 0.432. The molecule has 2 aromatic rings. The van der Waals surface area contributed by atoms with Gasteiger partial charge in [0.2, 0.25) is 0 Å². The fourth-order valence-electron chi connectivity index (χ4n) is 1.21. The molecule has 0 aliphatic heterocycles. The first kappa shape index (κ1) is 8.55. The average molecular weight is 189 g/mol. The summed E-state index contributed by atoms with van der Waals surface area (Å²) in [5.74, 6) is 1.10. The van der Waals surface area contributed by atoms with Crippen molar-refractivity contribution in [2.45, 2.75) is 6.92 Å². The van der Waals surface area contributed by atoms with Gasteiger partial charge in [0.15, 0.2) is 11.6 Å². The predicted molar refractivity (Wildman–Crippen MR) is 54.9 cm³/mol. The minimum Gasteiger partial charge on any atom is -0.394 e. The molecule has 0 spiro atoms. The van der Waals surface area contributed by atoms with Crippen molar-refractivity contribution >= 4 is 11.5 Å². The molecule has 0 atom stereocenters. The molecule has 0 aliphatic rings. The molecule has 2 aromatic heterocycles. The van der Waals surface area contributed by atoms with E-state index < -0.39 is 0 Å². The summed E-state index contributed by atoms with van der Waals surface area (Å²) in [7, 11) is 0. The highest BCUT2D eigenvalue weighted by Gasteiger charge is 2.10. The molecule has 4 N–H and O–H groups in total. The first-order chi connectivity index (χ1) is 6.70. The second-order valence-corrected chi connectivity index (χ2v) is 2.98. The van der Waals surface area contributed by atoms with Crippen LogP contribution in [-0.2, 0) is 0 Å². The number of aryl methyl sites for hydroxylation is 1. The zero-order valence-corrected chi connectivity index (χ0v) is 7.81. The number of pyridine rings is 1. The standard InChI is InChI=1S/C9H11N5/c1-6-8(10)9(11)14(13-6)7-4-2-3-5-12-7/h2-5H,10-11H2,1H3. The number of rotatable bonds is 1. The van der Waals surface area contributed by atoms with Gasteiger partial charge in [-0.15, -0.1) is 0 Å². The molecule has 5 nitrogen and oxygen atoms in total. The number of nitrogens with two attached hydrogens (primary N) is 2. The normalized spacial score (nSPS) is 10.4. The minimum atomic E-state index is 0.432. The van der Waals surface area contributed by atoms with Crippen molar-refractivity contribution in [2.75, 3.05) is 11.5 Å². The molecule has 0 unspecified atom stereocenters. The third-order valence-electron chi connectivity index (χ3n) is 2.01. The number of nitrogen functional groups attached to an aromatic ring is 2. The van der Waals surface area contributed by atoms with Gasteiger partial charge in [0.05, 0.1) is 11.4 Å². The molecule has 0 radical (unpaired) electrons. The molecule has 0 saturated heterocycles. The van der Waals surface area contributed by atoms with Gasteiger partial charge in [-0.05, 0) is 19.1 Å². The summed E-state index contributed by atoms with van der Waals surface area (Å²) in [6.45, 7) is 1.81. The maximum Gasteiger partial charge on any atom is 0.155 e. The van der Waals surface area contributed by atoms with E-state index in [1.165, 1.54) is 4.68 Å². The lowest BCUT2D eigenvalue weighted by molar-refractivity contribution is 0.841. The van der Waals surface area contributed by atoms with E-state index in [2.05, 4.69) is 10.1 Å². The lowest BCUT2D eigenvalue weighted by Crippen LogP contribution is -2.04. The van der Waals surface area contributed by atoms with Gasteiger partial charge < -0.3 is 11.5 Å². The van der Waals surface area contributed by atoms with Crippen LogP contribution in [0.5, 0.6) is 0 Å². The molecule has 0 aromatic carbocycles. The van der Waals surface area contributed by atoms with Gasteiger partial charge in [-0.2, -0.15) is 9.78 Å². The predicted octanol–water partition coefficient (Wildman–Crippen LogP) is 0.740. The van der Waals surface area contributed by atoms with Crippen LogP contribution >= 0.6 is 0 Å². The molecule has 0 bridgehead atoms. The van der Waals surface area contributed by atoms with Crippen molar-refractivity contribution in [2.24, 2.45) is 0 Å². The Hall–Kier alpha value is -2.04. The van der Waals surface area contributed by atoms with Crippen LogP contribution < -0.4 is 11.5 Å². The van der Waals surface area contributed by atoms with Crippen LogP contribution in [0.15, 0.2) is 24.4 Å². The Morgan fingerprint density at radius 3 is 2.57 bits per heavy atom. The lowest BCUT2D eigenvalue weighted by Gasteiger charge is -2.01. The number of hydrogen-bond acceptors (Lipinski definition) is 4. The summed E-state index contributed by atoms with van der Waals surface area (Å²) in [4.78, 5) is 4.13. The van der Waals surface area contributed by atoms with E-state index in [9.17, 15) is 0 Å². The van der Waals surface area contributed by atoms with Crippen LogP contribution in [0.25, 0.3) is 5.82 Å². The molecule has 72 valence electrons. The van der Waals surface area contributed by atoms with Gasteiger partial charge in [0, 0.05) is 6.20 Å². The molecule has 5 heteroatoms. The first-order valence-electron chi connectivity index (χ1n) is 4.22. The average Bonchev–Trinajstić information content (AvgIpc) is 2.47. The Labute approximate surface area is 81.4 Å². The fourth-order valence-corrected chi connectivity index (χ4v) is 1.21. The van der Waals surface area contributed by atoms with Crippen molar-refractivity contribution in [1.29, 1.82) is 0 Å². The Morgan fingerprint density at radius 1 is 1.29 bits per heavy atom. The highest BCUT2D eigenvalue weighted by Crippen LogP contribution is 2.20. The number of aromatic nitrogens is 3. The first-order valence-corrected chi connectivity index (χ1v) is 4.22. The summed E-state index contributed by atoms with van der Waals surface area (Å²) in [5, 5.41) is 4.18. The third-order valence-corrected chi connectivity index (χ3v) is 2.01. The van der Waals surface area contributed by atoms with Crippen molar-refractivity contribution in [3.05, 3.63) is 30.1 Å². The zero-order valence-electron chi connectivity index (χ0n) is 7.81. The van der Waals surface area contributed by atoms with Gasteiger partial charge in [-0.3, -0.25) is 0 Å². The highest BCUT2D eigenvalue weighted by atomic mass is 15.3. The van der Waals surface area contributed by atoms with Gasteiger partial charge in [-0.1, -0.05) is 6.07 Å². The Morgan fingerprint density at radius 2 is 2.07 bits per heavy atom.